The molecule has 0 aliphatic rings. The second-order valence-electron chi connectivity index (χ2n) is 19.6. The average Bonchev–Trinajstić information content (AvgIpc) is 3.31. The van der Waals surface area contributed by atoms with Crippen LogP contribution in [0.5, 0.6) is 0 Å². The number of rotatable bonds is 53. The van der Waals surface area contributed by atoms with Gasteiger partial charge in [0.2, 0.25) is 5.91 Å². The molecule has 0 saturated heterocycles. The topological polar surface area (TPSA) is 95.9 Å². The molecule has 0 spiro atoms. The molecule has 0 aromatic carbocycles. The van der Waals surface area contributed by atoms with Gasteiger partial charge in [-0.3, -0.25) is 9.59 Å². The number of hydrogen-bond donors (Lipinski definition) is 3. The number of hydrogen-bond acceptors (Lipinski definition) is 5. The molecule has 0 aliphatic carbocycles. The molecule has 0 saturated carbocycles. The summed E-state index contributed by atoms with van der Waals surface area (Å²) in [6.45, 7) is 4.85. The lowest BCUT2D eigenvalue weighted by atomic mass is 10.0. The van der Waals surface area contributed by atoms with Gasteiger partial charge >= 0.3 is 5.97 Å². The zero-order valence-corrected chi connectivity index (χ0v) is 43.5. The zero-order valence-electron chi connectivity index (χ0n) is 43.5. The number of unbranched alkanes of at least 4 members (excludes halogenated alkanes) is 38. The number of allylic oxidation sites excluding steroid dienone is 5. The SMILES string of the molecule is CCCCCC/C=C\C/C=C\CCCCCCCC(=O)OCCCCCCCCCCCCCC(=O)NC(CO)C(O)/C=C/CCCCCCCCCCCCCCCCCCCCC. The largest absolute Gasteiger partial charge is 0.466 e. The Bertz CT molecular complexity index is 1060. The molecule has 0 rings (SSSR count). The van der Waals surface area contributed by atoms with Crippen LogP contribution in [0.2, 0.25) is 0 Å². The summed E-state index contributed by atoms with van der Waals surface area (Å²) in [5.41, 5.74) is 0. The Balaban J connectivity index is 3.51. The summed E-state index contributed by atoms with van der Waals surface area (Å²) < 4.78 is 5.46. The average molecular weight is 915 g/mol. The Morgan fingerprint density at radius 2 is 0.769 bits per heavy atom. The van der Waals surface area contributed by atoms with Gasteiger partial charge in [0.25, 0.3) is 0 Å². The highest BCUT2D eigenvalue weighted by atomic mass is 16.5. The van der Waals surface area contributed by atoms with E-state index in [9.17, 15) is 19.8 Å². The quantitative estimate of drug-likeness (QED) is 0.0321. The van der Waals surface area contributed by atoms with Crippen LogP contribution in [0.15, 0.2) is 36.5 Å². The van der Waals surface area contributed by atoms with Gasteiger partial charge in [0, 0.05) is 12.8 Å². The van der Waals surface area contributed by atoms with Crippen LogP contribution in [0.25, 0.3) is 0 Å². The van der Waals surface area contributed by atoms with E-state index in [0.29, 0.717) is 19.4 Å². The van der Waals surface area contributed by atoms with Gasteiger partial charge in [-0.25, -0.2) is 0 Å². The van der Waals surface area contributed by atoms with E-state index >= 15 is 0 Å². The Labute approximate surface area is 404 Å². The maximum absolute atomic E-state index is 12.5. The van der Waals surface area contributed by atoms with Gasteiger partial charge in [-0.1, -0.05) is 262 Å². The Kier molecular flexibility index (Phi) is 53.1. The molecule has 0 heterocycles. The van der Waals surface area contributed by atoms with E-state index in [1.807, 2.05) is 6.08 Å². The van der Waals surface area contributed by atoms with E-state index in [1.54, 1.807) is 6.08 Å². The molecule has 0 aliphatic heterocycles. The predicted octanol–water partition coefficient (Wildman–Crippen LogP) is 17.6. The monoisotopic (exact) mass is 914 g/mol. The Morgan fingerprint density at radius 1 is 0.431 bits per heavy atom. The molecule has 6 nitrogen and oxygen atoms in total. The van der Waals surface area contributed by atoms with Crippen molar-refractivity contribution in [2.45, 2.75) is 315 Å². The minimum atomic E-state index is -0.859. The predicted molar refractivity (Wildman–Crippen MR) is 283 cm³/mol. The zero-order chi connectivity index (χ0) is 47.2. The summed E-state index contributed by atoms with van der Waals surface area (Å²) in [5, 5.41) is 23.2. The summed E-state index contributed by atoms with van der Waals surface area (Å²) in [7, 11) is 0. The number of esters is 1. The molecule has 65 heavy (non-hydrogen) atoms. The highest BCUT2D eigenvalue weighted by molar-refractivity contribution is 5.76. The molecular formula is C59H111NO5. The summed E-state index contributed by atoms with van der Waals surface area (Å²) in [6.07, 6.45) is 67.3. The second-order valence-corrected chi connectivity index (χ2v) is 19.6. The fourth-order valence-electron chi connectivity index (χ4n) is 8.72. The highest BCUT2D eigenvalue weighted by Gasteiger charge is 2.18. The molecule has 0 radical (unpaired) electrons. The number of carbonyl (C=O) groups is 2. The lowest BCUT2D eigenvalue weighted by Gasteiger charge is -2.20. The minimum Gasteiger partial charge on any atom is -0.466 e. The molecule has 0 aromatic heterocycles. The smallest absolute Gasteiger partial charge is 0.305 e. The van der Waals surface area contributed by atoms with Crippen molar-refractivity contribution in [1.82, 2.24) is 5.32 Å². The van der Waals surface area contributed by atoms with Crippen LogP contribution < -0.4 is 5.32 Å². The molecule has 0 fully saturated rings. The third kappa shape index (κ3) is 51.3. The van der Waals surface area contributed by atoms with Crippen LogP contribution in [0, 0.1) is 0 Å². The fraction of sp³-hybridized carbons (Fsp3) is 0.864. The van der Waals surface area contributed by atoms with Crippen molar-refractivity contribution in [2.75, 3.05) is 13.2 Å². The summed E-state index contributed by atoms with van der Waals surface area (Å²) in [4.78, 5) is 24.5. The van der Waals surface area contributed by atoms with Crippen LogP contribution in [0.4, 0.5) is 0 Å². The van der Waals surface area contributed by atoms with Crippen molar-refractivity contribution in [2.24, 2.45) is 0 Å². The lowest BCUT2D eigenvalue weighted by molar-refractivity contribution is -0.143. The first-order chi connectivity index (χ1) is 32.0. The number of aliphatic hydroxyl groups excluding tert-OH is 2. The van der Waals surface area contributed by atoms with E-state index in [1.165, 1.54) is 205 Å². The van der Waals surface area contributed by atoms with Gasteiger partial charge in [0.1, 0.15) is 0 Å². The van der Waals surface area contributed by atoms with Crippen LogP contribution in [0.1, 0.15) is 303 Å². The maximum atomic E-state index is 12.5. The van der Waals surface area contributed by atoms with Crippen LogP contribution >= 0.6 is 0 Å². The minimum absolute atomic E-state index is 0.0286. The van der Waals surface area contributed by atoms with Gasteiger partial charge in [0.05, 0.1) is 25.4 Å². The molecule has 382 valence electrons. The van der Waals surface area contributed by atoms with E-state index in [-0.39, 0.29) is 18.5 Å². The third-order valence-corrected chi connectivity index (χ3v) is 13.2. The number of aliphatic hydroxyl groups is 2. The molecule has 6 heteroatoms. The lowest BCUT2D eigenvalue weighted by Crippen LogP contribution is -2.45. The first-order valence-corrected chi connectivity index (χ1v) is 28.8. The second kappa shape index (κ2) is 54.7. The fourth-order valence-corrected chi connectivity index (χ4v) is 8.72. The number of carbonyl (C=O) groups excluding carboxylic acids is 2. The van der Waals surface area contributed by atoms with Crippen LogP contribution in [-0.2, 0) is 14.3 Å². The van der Waals surface area contributed by atoms with E-state index < -0.39 is 12.1 Å². The Morgan fingerprint density at radius 3 is 1.18 bits per heavy atom. The Hall–Kier alpha value is -1.92. The van der Waals surface area contributed by atoms with Crippen molar-refractivity contribution in [3.63, 3.8) is 0 Å². The normalized spacial score (nSPS) is 12.9. The van der Waals surface area contributed by atoms with Crippen LogP contribution in [-0.4, -0.2) is 47.4 Å². The van der Waals surface area contributed by atoms with Gasteiger partial charge in [0.15, 0.2) is 0 Å². The van der Waals surface area contributed by atoms with Crippen molar-refractivity contribution in [3.8, 4) is 0 Å². The molecule has 2 unspecified atom stereocenters. The molecular weight excluding hydrogens is 803 g/mol. The first kappa shape index (κ1) is 63.1. The summed E-state index contributed by atoms with van der Waals surface area (Å²) in [6, 6.07) is -0.644. The van der Waals surface area contributed by atoms with Gasteiger partial charge in [-0.2, -0.15) is 0 Å². The van der Waals surface area contributed by atoms with Crippen molar-refractivity contribution >= 4 is 11.9 Å². The van der Waals surface area contributed by atoms with Crippen molar-refractivity contribution in [1.29, 1.82) is 0 Å². The van der Waals surface area contributed by atoms with Gasteiger partial charge in [-0.15, -0.1) is 0 Å². The first-order valence-electron chi connectivity index (χ1n) is 28.8. The molecule has 3 N–H and O–H groups in total. The third-order valence-electron chi connectivity index (χ3n) is 13.2. The summed E-state index contributed by atoms with van der Waals surface area (Å²) in [5.74, 6) is -0.114. The van der Waals surface area contributed by atoms with E-state index in [0.717, 1.165) is 70.6 Å². The number of nitrogens with one attached hydrogen (secondary N) is 1. The maximum Gasteiger partial charge on any atom is 0.305 e. The van der Waals surface area contributed by atoms with Crippen molar-refractivity contribution < 1.29 is 24.5 Å². The standard InChI is InChI=1S/C59H111NO5/c1-3-5-7-9-11-13-15-17-19-21-22-23-24-25-26-28-31-35-39-43-47-51-57(62)56(55-61)60-58(63)52-48-44-40-36-32-30-34-38-42-46-50-54-65-59(64)53-49-45-41-37-33-29-27-20-18-16-14-12-10-8-6-4-2/h14,16,20,27,47,51,56-57,61-62H,3-13,15,17-19,21-26,28-46,48-50,52-55H2,1-2H3,(H,60,63)/b16-14-,27-20-,51-47+. The molecule has 0 bridgehead atoms. The number of amides is 1. The molecule has 0 aromatic rings. The molecule has 1 amide bonds. The van der Waals surface area contributed by atoms with E-state index in [2.05, 4.69) is 43.5 Å². The number of ether oxygens (including phenoxy) is 1. The summed E-state index contributed by atoms with van der Waals surface area (Å²) >= 11 is 0. The van der Waals surface area contributed by atoms with Crippen LogP contribution in [0.3, 0.4) is 0 Å². The molecule has 2 atom stereocenters. The van der Waals surface area contributed by atoms with E-state index in [4.69, 9.17) is 4.74 Å². The van der Waals surface area contributed by atoms with Crippen molar-refractivity contribution in [3.05, 3.63) is 36.5 Å². The van der Waals surface area contributed by atoms with Gasteiger partial charge < -0.3 is 20.3 Å². The highest BCUT2D eigenvalue weighted by Crippen LogP contribution is 2.16. The van der Waals surface area contributed by atoms with Gasteiger partial charge in [-0.05, 0) is 64.2 Å².